The van der Waals surface area contributed by atoms with E-state index in [-0.39, 0.29) is 18.4 Å². The zero-order chi connectivity index (χ0) is 22.2. The maximum absolute atomic E-state index is 13.6. The van der Waals surface area contributed by atoms with Gasteiger partial charge in [0.15, 0.2) is 0 Å². The Kier molecular flexibility index (Phi) is 5.27. The van der Waals surface area contributed by atoms with E-state index in [9.17, 15) is 14.0 Å². The molecule has 0 aromatic heterocycles. The van der Waals surface area contributed by atoms with Crippen molar-refractivity contribution >= 4 is 34.7 Å². The standard InChI is InChI=1S/C26H20ClFN2O2/c27-20-9-5-17(6-10-20)13-15-30-25(31)23(19-7-11-21(28)12-8-19)24(26(30)32)29-16-14-18-3-1-2-4-22(18)29/h1-12H,13-16H2. The van der Waals surface area contributed by atoms with Gasteiger partial charge in [0.25, 0.3) is 11.8 Å². The number of hydrogen-bond acceptors (Lipinski definition) is 3. The van der Waals surface area contributed by atoms with Gasteiger partial charge >= 0.3 is 0 Å². The normalized spacial score (nSPS) is 15.7. The number of carbonyl (C=O) groups excluding carboxylic acids is 2. The number of amides is 2. The zero-order valence-electron chi connectivity index (χ0n) is 17.2. The van der Waals surface area contributed by atoms with E-state index >= 15 is 0 Å². The van der Waals surface area contributed by atoms with E-state index in [1.54, 1.807) is 24.3 Å². The summed E-state index contributed by atoms with van der Waals surface area (Å²) in [7, 11) is 0. The van der Waals surface area contributed by atoms with Gasteiger partial charge in [-0.3, -0.25) is 14.5 Å². The van der Waals surface area contributed by atoms with Crippen LogP contribution in [0, 0.1) is 5.82 Å². The molecule has 0 saturated heterocycles. The third-order valence-corrected chi connectivity index (χ3v) is 6.22. The molecule has 2 amide bonds. The van der Waals surface area contributed by atoms with E-state index in [1.807, 2.05) is 41.3 Å². The second kappa shape index (κ2) is 8.24. The van der Waals surface area contributed by atoms with Crippen molar-refractivity contribution in [2.24, 2.45) is 0 Å². The Morgan fingerprint density at radius 1 is 0.875 bits per heavy atom. The van der Waals surface area contributed by atoms with Crippen molar-refractivity contribution in [1.29, 1.82) is 0 Å². The summed E-state index contributed by atoms with van der Waals surface area (Å²) in [5, 5.41) is 0.636. The molecule has 160 valence electrons. The Morgan fingerprint density at radius 2 is 1.59 bits per heavy atom. The van der Waals surface area contributed by atoms with Gasteiger partial charge in [-0.25, -0.2) is 4.39 Å². The molecule has 2 heterocycles. The molecule has 6 heteroatoms. The van der Waals surface area contributed by atoms with Gasteiger partial charge in [-0.2, -0.15) is 0 Å². The summed E-state index contributed by atoms with van der Waals surface area (Å²) in [6.07, 6.45) is 1.32. The fourth-order valence-electron chi connectivity index (χ4n) is 4.36. The first-order valence-electron chi connectivity index (χ1n) is 10.5. The monoisotopic (exact) mass is 446 g/mol. The summed E-state index contributed by atoms with van der Waals surface area (Å²) in [6, 6.07) is 21.0. The molecule has 0 unspecified atom stereocenters. The van der Waals surface area contributed by atoms with Gasteiger partial charge in [-0.05, 0) is 59.9 Å². The van der Waals surface area contributed by atoms with Crippen LogP contribution in [0.4, 0.5) is 10.1 Å². The van der Waals surface area contributed by atoms with Crippen LogP contribution in [0.5, 0.6) is 0 Å². The van der Waals surface area contributed by atoms with Crippen LogP contribution in [0.25, 0.3) is 5.57 Å². The van der Waals surface area contributed by atoms with E-state index in [2.05, 4.69) is 0 Å². The summed E-state index contributed by atoms with van der Waals surface area (Å²) in [6.45, 7) is 0.867. The van der Waals surface area contributed by atoms with Crippen LogP contribution in [0.15, 0.2) is 78.5 Å². The predicted molar refractivity (Wildman–Crippen MR) is 123 cm³/mol. The quantitative estimate of drug-likeness (QED) is 0.525. The van der Waals surface area contributed by atoms with E-state index in [0.717, 1.165) is 23.2 Å². The Morgan fingerprint density at radius 3 is 2.34 bits per heavy atom. The Bertz CT molecular complexity index is 1240. The van der Waals surface area contributed by atoms with Crippen LogP contribution in [0.2, 0.25) is 5.02 Å². The largest absolute Gasteiger partial charge is 0.336 e. The molecule has 0 saturated carbocycles. The van der Waals surface area contributed by atoms with E-state index in [4.69, 9.17) is 11.6 Å². The van der Waals surface area contributed by atoms with Crippen molar-refractivity contribution in [2.75, 3.05) is 18.0 Å². The topological polar surface area (TPSA) is 40.6 Å². The molecule has 0 bridgehead atoms. The molecule has 5 rings (SSSR count). The zero-order valence-corrected chi connectivity index (χ0v) is 18.0. The maximum Gasteiger partial charge on any atom is 0.278 e. The molecule has 0 atom stereocenters. The van der Waals surface area contributed by atoms with Crippen LogP contribution in [0.1, 0.15) is 16.7 Å². The Balaban J connectivity index is 1.52. The van der Waals surface area contributed by atoms with Crippen LogP contribution in [0.3, 0.4) is 0 Å². The SMILES string of the molecule is O=C1C(c2ccc(F)cc2)=C(N2CCc3ccccc32)C(=O)N1CCc1ccc(Cl)cc1. The summed E-state index contributed by atoms with van der Waals surface area (Å²) >= 11 is 5.96. The lowest BCUT2D eigenvalue weighted by molar-refractivity contribution is -0.136. The number of carbonyl (C=O) groups is 2. The van der Waals surface area contributed by atoms with Gasteiger partial charge in [0.05, 0.1) is 5.57 Å². The number of halogens is 2. The number of fused-ring (bicyclic) bond motifs is 1. The van der Waals surface area contributed by atoms with Crippen molar-refractivity contribution in [2.45, 2.75) is 12.8 Å². The number of anilines is 1. The minimum Gasteiger partial charge on any atom is -0.336 e. The number of para-hydroxylation sites is 1. The molecule has 0 spiro atoms. The van der Waals surface area contributed by atoms with Crippen LogP contribution in [-0.2, 0) is 22.4 Å². The summed E-state index contributed by atoms with van der Waals surface area (Å²) in [5.41, 5.74) is 4.28. The van der Waals surface area contributed by atoms with Crippen LogP contribution in [-0.4, -0.2) is 29.8 Å². The van der Waals surface area contributed by atoms with Crippen molar-refractivity contribution in [3.63, 3.8) is 0 Å². The Hall–Kier alpha value is -3.44. The average Bonchev–Trinajstić information content (AvgIpc) is 3.32. The molecule has 2 aliphatic rings. The summed E-state index contributed by atoms with van der Waals surface area (Å²) in [5.74, 6) is -1.06. The molecule has 0 aliphatic carbocycles. The minimum atomic E-state index is -0.390. The maximum atomic E-state index is 13.6. The van der Waals surface area contributed by atoms with Crippen LogP contribution >= 0.6 is 11.6 Å². The summed E-state index contributed by atoms with van der Waals surface area (Å²) in [4.78, 5) is 30.2. The van der Waals surface area contributed by atoms with Crippen molar-refractivity contribution in [3.8, 4) is 0 Å². The molecule has 2 aliphatic heterocycles. The third kappa shape index (κ3) is 3.59. The fraction of sp³-hybridized carbons (Fsp3) is 0.154. The molecule has 32 heavy (non-hydrogen) atoms. The predicted octanol–water partition coefficient (Wildman–Crippen LogP) is 4.86. The first-order valence-corrected chi connectivity index (χ1v) is 10.9. The van der Waals surface area contributed by atoms with Gasteiger partial charge in [-0.1, -0.05) is 54.1 Å². The van der Waals surface area contributed by atoms with Gasteiger partial charge < -0.3 is 4.90 Å². The second-order valence-corrected chi connectivity index (χ2v) is 8.34. The first kappa shape index (κ1) is 20.5. The lowest BCUT2D eigenvalue weighted by Crippen LogP contribution is -2.36. The first-order chi connectivity index (χ1) is 15.5. The van der Waals surface area contributed by atoms with Gasteiger partial charge in [0.2, 0.25) is 0 Å². The van der Waals surface area contributed by atoms with E-state index in [0.29, 0.717) is 34.8 Å². The van der Waals surface area contributed by atoms with E-state index < -0.39 is 5.82 Å². The third-order valence-electron chi connectivity index (χ3n) is 5.97. The summed E-state index contributed by atoms with van der Waals surface area (Å²) < 4.78 is 13.6. The molecular formula is C26H20ClFN2O2. The molecule has 4 nitrogen and oxygen atoms in total. The molecule has 3 aromatic rings. The Labute approximate surface area is 190 Å². The van der Waals surface area contributed by atoms with Crippen molar-refractivity contribution in [3.05, 3.63) is 106 Å². The highest BCUT2D eigenvalue weighted by atomic mass is 35.5. The minimum absolute atomic E-state index is 0.253. The highest BCUT2D eigenvalue weighted by Gasteiger charge is 2.42. The average molecular weight is 447 g/mol. The van der Waals surface area contributed by atoms with Crippen molar-refractivity contribution < 1.29 is 14.0 Å². The van der Waals surface area contributed by atoms with Gasteiger partial charge in [-0.15, -0.1) is 0 Å². The molecule has 0 N–H and O–H groups in total. The lowest BCUT2D eigenvalue weighted by Gasteiger charge is -2.22. The second-order valence-electron chi connectivity index (χ2n) is 7.90. The van der Waals surface area contributed by atoms with Crippen molar-refractivity contribution in [1.82, 2.24) is 4.90 Å². The number of nitrogens with zero attached hydrogens (tertiary/aromatic N) is 2. The molecule has 3 aromatic carbocycles. The smallest absolute Gasteiger partial charge is 0.278 e. The number of benzene rings is 3. The molecule has 0 radical (unpaired) electrons. The van der Waals surface area contributed by atoms with Crippen LogP contribution < -0.4 is 4.90 Å². The van der Waals surface area contributed by atoms with Gasteiger partial charge in [0, 0.05) is 23.8 Å². The van der Waals surface area contributed by atoms with E-state index in [1.165, 1.54) is 17.0 Å². The van der Waals surface area contributed by atoms with Gasteiger partial charge in [0.1, 0.15) is 11.5 Å². The molecule has 0 fully saturated rings. The number of rotatable bonds is 5. The number of imide groups is 1. The molecular weight excluding hydrogens is 427 g/mol. The highest BCUT2D eigenvalue weighted by molar-refractivity contribution is 6.36. The fourth-order valence-corrected chi connectivity index (χ4v) is 4.48. The number of hydrogen-bond donors (Lipinski definition) is 0. The highest BCUT2D eigenvalue weighted by Crippen LogP contribution is 2.38. The lowest BCUT2D eigenvalue weighted by atomic mass is 10.0.